The van der Waals surface area contributed by atoms with Gasteiger partial charge in [-0.2, -0.15) is 0 Å². The molecule has 1 fully saturated rings. The van der Waals surface area contributed by atoms with Crippen molar-refractivity contribution in [1.82, 2.24) is 10.2 Å². The predicted molar refractivity (Wildman–Crippen MR) is 79.1 cm³/mol. The van der Waals surface area contributed by atoms with Crippen LogP contribution in [0.5, 0.6) is 0 Å². The molecular weight excluding hydrogens is 236 g/mol. The molecule has 0 bridgehead atoms. The van der Waals surface area contributed by atoms with Gasteiger partial charge in [-0.25, -0.2) is 0 Å². The maximum Gasteiger partial charge on any atom is 0.0777 e. The van der Waals surface area contributed by atoms with Gasteiger partial charge in [-0.1, -0.05) is 24.3 Å². The Morgan fingerprint density at radius 1 is 1.37 bits per heavy atom. The highest BCUT2D eigenvalue weighted by atomic mass is 16.5. The van der Waals surface area contributed by atoms with Crippen LogP contribution < -0.4 is 5.32 Å². The molecule has 19 heavy (non-hydrogen) atoms. The average Bonchev–Trinajstić information content (AvgIpc) is 2.40. The monoisotopic (exact) mass is 262 g/mol. The number of hydrogen-bond donors (Lipinski definition) is 1. The summed E-state index contributed by atoms with van der Waals surface area (Å²) < 4.78 is 5.66. The third-order valence-corrected chi connectivity index (χ3v) is 4.01. The lowest BCUT2D eigenvalue weighted by Crippen LogP contribution is -2.46. The lowest BCUT2D eigenvalue weighted by Gasteiger charge is -2.39. The van der Waals surface area contributed by atoms with Crippen LogP contribution in [0.25, 0.3) is 0 Å². The molecule has 0 saturated carbocycles. The first-order valence-electron chi connectivity index (χ1n) is 7.15. The summed E-state index contributed by atoms with van der Waals surface area (Å²) in [6.45, 7) is 6.38. The Morgan fingerprint density at radius 3 is 2.89 bits per heavy atom. The van der Waals surface area contributed by atoms with Crippen molar-refractivity contribution in [3.63, 3.8) is 0 Å². The fraction of sp³-hybridized carbons (Fsp3) is 0.625. The summed E-state index contributed by atoms with van der Waals surface area (Å²) in [6.07, 6.45) is 2.39. The molecule has 0 aromatic heterocycles. The average molecular weight is 262 g/mol. The van der Waals surface area contributed by atoms with E-state index < -0.39 is 0 Å². The van der Waals surface area contributed by atoms with Crippen LogP contribution in [-0.4, -0.2) is 37.7 Å². The minimum atomic E-state index is 0.0286. The normalized spacial score (nSPS) is 24.6. The quantitative estimate of drug-likeness (QED) is 0.882. The summed E-state index contributed by atoms with van der Waals surface area (Å²) in [7, 11) is 3.82. The van der Waals surface area contributed by atoms with Crippen LogP contribution in [0.2, 0.25) is 0 Å². The summed E-state index contributed by atoms with van der Waals surface area (Å²) in [5.74, 6) is 0. The van der Waals surface area contributed by atoms with Crippen molar-refractivity contribution >= 4 is 0 Å². The lowest BCUT2D eigenvalue weighted by molar-refractivity contribution is -0.0527. The maximum absolute atomic E-state index is 5.66. The zero-order valence-corrected chi connectivity index (χ0v) is 12.4. The molecule has 1 N–H and O–H groups in total. The molecule has 1 heterocycles. The Morgan fingerprint density at radius 2 is 2.16 bits per heavy atom. The first kappa shape index (κ1) is 14.5. The molecule has 1 unspecified atom stereocenters. The summed E-state index contributed by atoms with van der Waals surface area (Å²) in [4.78, 5) is 2.51. The Labute approximate surface area is 116 Å². The standard InChI is InChI=1S/C16H26N2O/c1-16(19-3)8-5-9-18(13-16)12-15-7-4-6-14(10-15)11-17-2/h4,6-7,10,17H,5,8-9,11-13H2,1-3H3. The summed E-state index contributed by atoms with van der Waals surface area (Å²) >= 11 is 0. The topological polar surface area (TPSA) is 24.5 Å². The van der Waals surface area contributed by atoms with Crippen LogP contribution in [-0.2, 0) is 17.8 Å². The highest BCUT2D eigenvalue weighted by Crippen LogP contribution is 2.25. The third-order valence-electron chi connectivity index (χ3n) is 4.01. The lowest BCUT2D eigenvalue weighted by atomic mass is 9.94. The van der Waals surface area contributed by atoms with E-state index in [9.17, 15) is 0 Å². The summed E-state index contributed by atoms with van der Waals surface area (Å²) in [6, 6.07) is 8.85. The van der Waals surface area contributed by atoms with Crippen molar-refractivity contribution in [3.8, 4) is 0 Å². The van der Waals surface area contributed by atoms with Gasteiger partial charge in [0, 0.05) is 26.7 Å². The van der Waals surface area contributed by atoms with E-state index in [1.807, 2.05) is 14.2 Å². The minimum Gasteiger partial charge on any atom is -0.377 e. The molecule has 0 aliphatic carbocycles. The van der Waals surface area contributed by atoms with Gasteiger partial charge < -0.3 is 10.1 Å². The zero-order chi connectivity index (χ0) is 13.7. The van der Waals surface area contributed by atoms with E-state index in [1.54, 1.807) is 0 Å². The minimum absolute atomic E-state index is 0.0286. The third kappa shape index (κ3) is 4.03. The van der Waals surface area contributed by atoms with Gasteiger partial charge in [0.1, 0.15) is 0 Å². The van der Waals surface area contributed by atoms with Crippen LogP contribution in [0.4, 0.5) is 0 Å². The number of nitrogens with zero attached hydrogens (tertiary/aromatic N) is 1. The zero-order valence-electron chi connectivity index (χ0n) is 12.4. The number of likely N-dealkylation sites (tertiary alicyclic amines) is 1. The van der Waals surface area contributed by atoms with Gasteiger partial charge in [-0.3, -0.25) is 4.90 Å². The van der Waals surface area contributed by atoms with E-state index in [1.165, 1.54) is 30.5 Å². The van der Waals surface area contributed by atoms with Crippen LogP contribution in [0.15, 0.2) is 24.3 Å². The number of ether oxygens (including phenoxy) is 1. The van der Waals surface area contributed by atoms with E-state index in [2.05, 4.69) is 41.4 Å². The highest BCUT2D eigenvalue weighted by Gasteiger charge is 2.30. The maximum atomic E-state index is 5.66. The Kier molecular flexibility index (Phi) is 4.97. The number of methoxy groups -OCH3 is 1. The fourth-order valence-corrected chi connectivity index (χ4v) is 2.91. The van der Waals surface area contributed by atoms with Crippen molar-refractivity contribution in [2.75, 3.05) is 27.2 Å². The molecule has 1 aromatic rings. The van der Waals surface area contributed by atoms with Crippen LogP contribution in [0, 0.1) is 0 Å². The summed E-state index contributed by atoms with van der Waals surface area (Å²) in [5.41, 5.74) is 2.78. The Hall–Kier alpha value is -0.900. The number of benzene rings is 1. The van der Waals surface area contributed by atoms with E-state index in [0.717, 1.165) is 19.6 Å². The number of hydrogen-bond acceptors (Lipinski definition) is 3. The molecule has 0 spiro atoms. The molecule has 0 amide bonds. The molecule has 2 rings (SSSR count). The van der Waals surface area contributed by atoms with Gasteiger partial charge in [0.05, 0.1) is 5.60 Å². The van der Waals surface area contributed by atoms with Crippen LogP contribution in [0.1, 0.15) is 30.9 Å². The highest BCUT2D eigenvalue weighted by molar-refractivity contribution is 5.23. The van der Waals surface area contributed by atoms with Gasteiger partial charge >= 0.3 is 0 Å². The van der Waals surface area contributed by atoms with Gasteiger partial charge in [0.15, 0.2) is 0 Å². The first-order valence-corrected chi connectivity index (χ1v) is 7.15. The molecule has 1 aliphatic heterocycles. The smallest absolute Gasteiger partial charge is 0.0777 e. The summed E-state index contributed by atoms with van der Waals surface area (Å²) in [5, 5.41) is 3.20. The van der Waals surface area contributed by atoms with Crippen molar-refractivity contribution in [3.05, 3.63) is 35.4 Å². The van der Waals surface area contributed by atoms with Crippen molar-refractivity contribution < 1.29 is 4.74 Å². The molecule has 0 radical (unpaired) electrons. The number of piperidine rings is 1. The predicted octanol–water partition coefficient (Wildman–Crippen LogP) is 2.41. The van der Waals surface area contributed by atoms with Crippen LogP contribution in [0.3, 0.4) is 0 Å². The second kappa shape index (κ2) is 6.51. The molecule has 1 saturated heterocycles. The number of rotatable bonds is 5. The van der Waals surface area contributed by atoms with Gasteiger partial charge in [0.2, 0.25) is 0 Å². The van der Waals surface area contributed by atoms with Gasteiger partial charge in [-0.05, 0) is 44.5 Å². The molecule has 3 nitrogen and oxygen atoms in total. The second-order valence-corrected chi connectivity index (χ2v) is 5.82. The van der Waals surface area contributed by atoms with Crippen molar-refractivity contribution in [1.29, 1.82) is 0 Å². The molecule has 106 valence electrons. The van der Waals surface area contributed by atoms with E-state index >= 15 is 0 Å². The first-order chi connectivity index (χ1) is 9.15. The van der Waals surface area contributed by atoms with Crippen LogP contribution >= 0.6 is 0 Å². The molecule has 1 atom stereocenters. The van der Waals surface area contributed by atoms with Crippen molar-refractivity contribution in [2.24, 2.45) is 0 Å². The van der Waals surface area contributed by atoms with Crippen molar-refractivity contribution in [2.45, 2.75) is 38.5 Å². The largest absolute Gasteiger partial charge is 0.377 e. The molecule has 1 aliphatic rings. The molecule has 1 aromatic carbocycles. The fourth-order valence-electron chi connectivity index (χ4n) is 2.91. The second-order valence-electron chi connectivity index (χ2n) is 5.82. The SMILES string of the molecule is CNCc1cccc(CN2CCCC(C)(OC)C2)c1. The number of nitrogens with one attached hydrogen (secondary N) is 1. The van der Waals surface area contributed by atoms with Gasteiger partial charge in [-0.15, -0.1) is 0 Å². The molecule has 3 heteroatoms. The van der Waals surface area contributed by atoms with E-state index in [0.29, 0.717) is 0 Å². The van der Waals surface area contributed by atoms with E-state index in [-0.39, 0.29) is 5.60 Å². The van der Waals surface area contributed by atoms with E-state index in [4.69, 9.17) is 4.74 Å². The Bertz CT molecular complexity index is 407. The Balaban J connectivity index is 1.98. The molecular formula is C16H26N2O. The van der Waals surface area contributed by atoms with Gasteiger partial charge in [0.25, 0.3) is 0 Å².